The van der Waals surface area contributed by atoms with Crippen LogP contribution in [0.25, 0.3) is 0 Å². The number of hydrogen-bond donors (Lipinski definition) is 2. The molecule has 7 atom stereocenters. The molecule has 4 unspecified atom stereocenters. The number of hydrogen-bond acceptors (Lipinski definition) is 3. The van der Waals surface area contributed by atoms with Crippen molar-refractivity contribution in [3.8, 4) is 5.75 Å². The molecule has 0 spiro atoms. The third-order valence-electron chi connectivity index (χ3n) is 10.8. The largest absolute Gasteiger partial charge is 0.508 e. The Balaban J connectivity index is 1.21. The van der Waals surface area contributed by atoms with Crippen LogP contribution in [0.15, 0.2) is 18.2 Å². The van der Waals surface area contributed by atoms with Crippen LogP contribution in [0, 0.1) is 23.2 Å². The minimum atomic E-state index is -0.396. The number of carbonyl (C=O) groups excluding carboxylic acids is 1. The molecule has 2 fully saturated rings. The Morgan fingerprint density at radius 2 is 1.77 bits per heavy atom. The summed E-state index contributed by atoms with van der Waals surface area (Å²) in [6.45, 7) is 5.35. The molecule has 3 aliphatic rings. The molecule has 2 saturated carbocycles. The van der Waals surface area contributed by atoms with Crippen molar-refractivity contribution in [3.05, 3.63) is 29.3 Å². The molecule has 0 heterocycles. The minimum Gasteiger partial charge on any atom is -0.508 e. The van der Waals surface area contributed by atoms with Crippen molar-refractivity contribution in [1.82, 2.24) is 4.90 Å². The number of rotatable bonds is 14. The fourth-order valence-corrected chi connectivity index (χ4v) is 8.94. The van der Waals surface area contributed by atoms with Crippen LogP contribution in [0.5, 0.6) is 5.75 Å². The van der Waals surface area contributed by atoms with Crippen LogP contribution in [0.4, 0.5) is 0 Å². The molecule has 0 aromatic heterocycles. The molecule has 0 bridgehead atoms. The first-order chi connectivity index (χ1) is 18.8. The first-order valence-corrected chi connectivity index (χ1v) is 16.6. The fourth-order valence-electron chi connectivity index (χ4n) is 8.46. The van der Waals surface area contributed by atoms with Gasteiger partial charge in [0.25, 0.3) is 0 Å². The number of alkyl halides is 1. The smallest absolute Gasteiger partial charge is 0.222 e. The molecule has 4 rings (SSSR count). The highest BCUT2D eigenvalue weighted by Gasteiger charge is 2.59. The Labute approximate surface area is 242 Å². The molecule has 4 nitrogen and oxygen atoms in total. The molecule has 2 N–H and O–H groups in total. The van der Waals surface area contributed by atoms with Gasteiger partial charge in [0, 0.05) is 20.0 Å². The zero-order chi connectivity index (χ0) is 28.0. The van der Waals surface area contributed by atoms with E-state index in [2.05, 4.69) is 19.9 Å². The van der Waals surface area contributed by atoms with Gasteiger partial charge in [0.2, 0.25) is 5.91 Å². The van der Waals surface area contributed by atoms with Crippen LogP contribution >= 0.6 is 11.6 Å². The topological polar surface area (TPSA) is 60.8 Å². The second-order valence-electron chi connectivity index (χ2n) is 13.4. The first-order valence-electron chi connectivity index (χ1n) is 16.1. The molecule has 39 heavy (non-hydrogen) atoms. The van der Waals surface area contributed by atoms with Gasteiger partial charge in [-0.2, -0.15) is 0 Å². The average molecular weight is 560 g/mol. The zero-order valence-corrected chi connectivity index (χ0v) is 25.6. The number of fused-ring (bicyclic) bond motifs is 5. The SMILES string of the molecule is CCCCN(C)C(=O)CCCCCCCCCCC1Cc2cc(O)ccc2C2CC[C@@]3(C)C(C[C@@H](Cl)[C@@H]3O)C12. The van der Waals surface area contributed by atoms with Crippen molar-refractivity contribution in [3.63, 3.8) is 0 Å². The Morgan fingerprint density at radius 1 is 1.08 bits per heavy atom. The molecule has 1 aromatic rings. The Morgan fingerprint density at radius 3 is 2.49 bits per heavy atom. The summed E-state index contributed by atoms with van der Waals surface area (Å²) in [5, 5.41) is 21.1. The number of unbranched alkanes of at least 4 members (excludes halogenated alkanes) is 8. The first kappa shape index (κ1) is 30.7. The predicted octanol–water partition coefficient (Wildman–Crippen LogP) is 8.21. The van der Waals surface area contributed by atoms with E-state index in [-0.39, 0.29) is 10.8 Å². The number of phenolic OH excluding ortho intramolecular Hbond substituents is 1. The second-order valence-corrected chi connectivity index (χ2v) is 14.0. The monoisotopic (exact) mass is 559 g/mol. The highest BCUT2D eigenvalue weighted by Crippen LogP contribution is 2.63. The standard InChI is InChI=1S/C34H54ClNO3/c1-4-5-20-36(3)31(38)15-13-11-9-7-6-8-10-12-14-24-21-25-22-26(37)16-17-27(25)28-18-19-34(2)29(32(24)28)23-30(35)33(34)39/h16-17,22,24,28-30,32-33,37,39H,4-15,18-21,23H2,1-3H3/t24?,28?,29?,30-,32?,33+,34+/m1/s1. The zero-order valence-electron chi connectivity index (χ0n) is 24.8. The maximum absolute atomic E-state index is 12.2. The molecule has 5 heteroatoms. The van der Waals surface area contributed by atoms with Crippen molar-refractivity contribution < 1.29 is 15.0 Å². The van der Waals surface area contributed by atoms with E-state index in [9.17, 15) is 15.0 Å². The maximum Gasteiger partial charge on any atom is 0.222 e. The van der Waals surface area contributed by atoms with Gasteiger partial charge in [-0.25, -0.2) is 0 Å². The highest BCUT2D eigenvalue weighted by atomic mass is 35.5. The van der Waals surface area contributed by atoms with Gasteiger partial charge in [-0.3, -0.25) is 4.79 Å². The number of benzene rings is 1. The van der Waals surface area contributed by atoms with Crippen LogP contribution < -0.4 is 0 Å². The van der Waals surface area contributed by atoms with E-state index in [1.807, 2.05) is 24.1 Å². The summed E-state index contributed by atoms with van der Waals surface area (Å²) in [6, 6.07) is 6.05. The average Bonchev–Trinajstić information content (AvgIpc) is 3.15. The van der Waals surface area contributed by atoms with Gasteiger partial charge in [0.05, 0.1) is 11.5 Å². The maximum atomic E-state index is 12.2. The third-order valence-corrected chi connectivity index (χ3v) is 11.2. The lowest BCUT2D eigenvalue weighted by atomic mass is 9.52. The van der Waals surface area contributed by atoms with E-state index in [1.165, 1.54) is 62.5 Å². The molecule has 3 aliphatic carbocycles. The van der Waals surface area contributed by atoms with Gasteiger partial charge >= 0.3 is 0 Å². The number of carbonyl (C=O) groups is 1. The van der Waals surface area contributed by atoms with Crippen molar-refractivity contribution >= 4 is 17.5 Å². The van der Waals surface area contributed by atoms with E-state index in [0.717, 1.165) is 51.5 Å². The van der Waals surface area contributed by atoms with Crippen molar-refractivity contribution in [2.24, 2.45) is 23.2 Å². The summed E-state index contributed by atoms with van der Waals surface area (Å²) in [6.07, 6.45) is 17.7. The van der Waals surface area contributed by atoms with E-state index in [0.29, 0.717) is 41.7 Å². The van der Waals surface area contributed by atoms with E-state index < -0.39 is 6.10 Å². The highest BCUT2D eigenvalue weighted by molar-refractivity contribution is 6.21. The second kappa shape index (κ2) is 14.1. The van der Waals surface area contributed by atoms with Crippen LogP contribution in [0.2, 0.25) is 0 Å². The van der Waals surface area contributed by atoms with Gasteiger partial charge in [0.15, 0.2) is 0 Å². The van der Waals surface area contributed by atoms with Gasteiger partial charge < -0.3 is 15.1 Å². The molecule has 1 amide bonds. The molecule has 0 aliphatic heterocycles. The number of phenols is 1. The van der Waals surface area contributed by atoms with E-state index >= 15 is 0 Å². The molecule has 220 valence electrons. The lowest BCUT2D eigenvalue weighted by Crippen LogP contribution is -2.47. The Kier molecular flexibility index (Phi) is 11.1. The molecular weight excluding hydrogens is 506 g/mol. The van der Waals surface area contributed by atoms with E-state index in [1.54, 1.807) is 0 Å². The molecule has 0 saturated heterocycles. The normalized spacial score (nSPS) is 31.4. The summed E-state index contributed by atoms with van der Waals surface area (Å²) in [5.74, 6) is 2.90. The van der Waals surface area contributed by atoms with Crippen LogP contribution in [0.1, 0.15) is 127 Å². The number of halogens is 1. The van der Waals surface area contributed by atoms with Gasteiger partial charge in [-0.15, -0.1) is 11.6 Å². The summed E-state index contributed by atoms with van der Waals surface area (Å²) in [4.78, 5) is 14.1. The lowest BCUT2D eigenvalue weighted by Gasteiger charge is -2.53. The predicted molar refractivity (Wildman–Crippen MR) is 161 cm³/mol. The Hall–Kier alpha value is -1.26. The van der Waals surface area contributed by atoms with E-state index in [4.69, 9.17) is 11.6 Å². The minimum absolute atomic E-state index is 0.0597. The number of aliphatic hydroxyl groups is 1. The molecular formula is C34H54ClNO3. The summed E-state index contributed by atoms with van der Waals surface area (Å²) < 4.78 is 0. The molecule has 1 aromatic carbocycles. The lowest BCUT2D eigenvalue weighted by molar-refractivity contribution is -0.130. The number of aromatic hydroxyl groups is 1. The van der Waals surface area contributed by atoms with Gasteiger partial charge in [0.1, 0.15) is 5.75 Å². The van der Waals surface area contributed by atoms with Crippen molar-refractivity contribution in [2.75, 3.05) is 13.6 Å². The Bertz CT molecular complexity index is 937. The number of aliphatic hydroxyl groups excluding tert-OH is 1. The molecule has 0 radical (unpaired) electrons. The fraction of sp³-hybridized carbons (Fsp3) is 0.794. The number of amides is 1. The summed E-state index contributed by atoms with van der Waals surface area (Å²) in [5.41, 5.74) is 2.73. The quantitative estimate of drug-likeness (QED) is 0.178. The van der Waals surface area contributed by atoms with Gasteiger partial charge in [-0.1, -0.05) is 71.3 Å². The summed E-state index contributed by atoms with van der Waals surface area (Å²) >= 11 is 6.68. The summed E-state index contributed by atoms with van der Waals surface area (Å²) in [7, 11) is 1.94. The van der Waals surface area contributed by atoms with Crippen LogP contribution in [-0.2, 0) is 11.2 Å². The third kappa shape index (κ3) is 7.15. The number of nitrogens with zero attached hydrogens (tertiary/aromatic N) is 1. The van der Waals surface area contributed by atoms with Crippen molar-refractivity contribution in [2.45, 2.75) is 134 Å². The van der Waals surface area contributed by atoms with Crippen LogP contribution in [-0.4, -0.2) is 46.1 Å². The van der Waals surface area contributed by atoms with Crippen molar-refractivity contribution in [1.29, 1.82) is 0 Å². The van der Waals surface area contributed by atoms with Gasteiger partial charge in [-0.05, 0) is 97.3 Å². The van der Waals surface area contributed by atoms with Crippen LogP contribution in [0.3, 0.4) is 0 Å².